The highest BCUT2D eigenvalue weighted by molar-refractivity contribution is 6.11. The Bertz CT molecular complexity index is 971. The van der Waals surface area contributed by atoms with Crippen LogP contribution in [-0.4, -0.2) is 36.3 Å². The van der Waals surface area contributed by atoms with E-state index < -0.39 is 35.6 Å². The second kappa shape index (κ2) is 7.66. The topological polar surface area (TPSA) is 75.7 Å². The van der Waals surface area contributed by atoms with Gasteiger partial charge in [-0.1, -0.05) is 38.1 Å². The molecule has 1 fully saturated rings. The zero-order valence-corrected chi connectivity index (χ0v) is 16.8. The molecule has 3 rings (SSSR count). The summed E-state index contributed by atoms with van der Waals surface area (Å²) in [6.07, 6.45) is 0. The van der Waals surface area contributed by atoms with Gasteiger partial charge in [-0.2, -0.15) is 0 Å². The summed E-state index contributed by atoms with van der Waals surface area (Å²) in [6, 6.07) is 10.5. The lowest BCUT2D eigenvalue weighted by molar-refractivity contribution is -0.130. The van der Waals surface area contributed by atoms with Gasteiger partial charge in [0.25, 0.3) is 5.91 Å². The number of nitrogens with zero attached hydrogens (tertiary/aromatic N) is 1. The minimum Gasteiger partial charge on any atom is -0.494 e. The van der Waals surface area contributed by atoms with Crippen LogP contribution in [-0.2, 0) is 10.3 Å². The molecule has 1 N–H and O–H groups in total. The third-order valence-corrected chi connectivity index (χ3v) is 5.21. The standard InChI is InChI=1S/C22H23FN2O4/c1-13(2)14-5-8-16(9-6-14)22(3)20(27)25(21(28)24-22)12-18(26)15-7-10-19(29-4)17(23)11-15/h5-11,13H,12H2,1-4H3,(H,24,28). The zero-order valence-electron chi connectivity index (χ0n) is 16.8. The van der Waals surface area contributed by atoms with E-state index in [2.05, 4.69) is 19.2 Å². The van der Waals surface area contributed by atoms with E-state index in [9.17, 15) is 18.8 Å². The lowest BCUT2D eigenvalue weighted by Gasteiger charge is -2.22. The molecule has 0 saturated carbocycles. The second-order valence-electron chi connectivity index (χ2n) is 7.50. The van der Waals surface area contributed by atoms with Crippen molar-refractivity contribution in [2.45, 2.75) is 32.2 Å². The number of imide groups is 1. The molecule has 1 aliphatic heterocycles. The number of nitrogens with one attached hydrogen (secondary N) is 1. The largest absolute Gasteiger partial charge is 0.494 e. The summed E-state index contributed by atoms with van der Waals surface area (Å²) in [6.45, 7) is 5.26. The lowest BCUT2D eigenvalue weighted by atomic mass is 9.90. The molecular weight excluding hydrogens is 375 g/mol. The summed E-state index contributed by atoms with van der Waals surface area (Å²) in [5.41, 5.74) is 0.532. The predicted molar refractivity (Wildman–Crippen MR) is 105 cm³/mol. The Balaban J connectivity index is 1.81. The number of methoxy groups -OCH3 is 1. The van der Waals surface area contributed by atoms with Gasteiger partial charge in [0.2, 0.25) is 0 Å². The third kappa shape index (κ3) is 3.72. The molecule has 2 aromatic rings. The number of ketones is 1. The highest BCUT2D eigenvalue weighted by atomic mass is 19.1. The number of amides is 3. The molecule has 6 nitrogen and oxygen atoms in total. The van der Waals surface area contributed by atoms with Crippen molar-refractivity contribution in [1.82, 2.24) is 10.2 Å². The van der Waals surface area contributed by atoms with E-state index in [1.165, 1.54) is 19.2 Å². The molecule has 3 amide bonds. The van der Waals surface area contributed by atoms with Crippen LogP contribution in [0.15, 0.2) is 42.5 Å². The minimum atomic E-state index is -1.27. The molecule has 29 heavy (non-hydrogen) atoms. The predicted octanol–water partition coefficient (Wildman–Crippen LogP) is 3.61. The van der Waals surface area contributed by atoms with Crippen LogP contribution in [0.2, 0.25) is 0 Å². The van der Waals surface area contributed by atoms with Crippen molar-refractivity contribution < 1.29 is 23.5 Å². The summed E-state index contributed by atoms with van der Waals surface area (Å²) in [7, 11) is 1.32. The van der Waals surface area contributed by atoms with Crippen LogP contribution in [0.25, 0.3) is 0 Å². The van der Waals surface area contributed by atoms with E-state index in [0.29, 0.717) is 11.5 Å². The van der Waals surface area contributed by atoms with Crippen LogP contribution in [0.3, 0.4) is 0 Å². The maximum absolute atomic E-state index is 13.9. The van der Waals surface area contributed by atoms with Gasteiger partial charge >= 0.3 is 6.03 Å². The van der Waals surface area contributed by atoms with Crippen molar-refractivity contribution in [3.8, 4) is 5.75 Å². The molecule has 1 saturated heterocycles. The van der Waals surface area contributed by atoms with Crippen LogP contribution in [0.1, 0.15) is 48.2 Å². The van der Waals surface area contributed by atoms with Crippen molar-refractivity contribution in [1.29, 1.82) is 0 Å². The van der Waals surface area contributed by atoms with Gasteiger partial charge in [-0.15, -0.1) is 0 Å². The Labute approximate surface area is 168 Å². The number of ether oxygens (including phenoxy) is 1. The fraction of sp³-hybridized carbons (Fsp3) is 0.318. The van der Waals surface area contributed by atoms with Crippen molar-refractivity contribution >= 4 is 17.7 Å². The van der Waals surface area contributed by atoms with Crippen molar-refractivity contribution in [2.75, 3.05) is 13.7 Å². The fourth-order valence-electron chi connectivity index (χ4n) is 3.31. The average Bonchev–Trinajstić information content (AvgIpc) is 2.91. The third-order valence-electron chi connectivity index (χ3n) is 5.21. The van der Waals surface area contributed by atoms with E-state index in [1.807, 2.05) is 12.1 Å². The van der Waals surface area contributed by atoms with Gasteiger partial charge in [-0.3, -0.25) is 14.5 Å². The Hall–Kier alpha value is -3.22. The van der Waals surface area contributed by atoms with Gasteiger partial charge in [0.1, 0.15) is 5.54 Å². The van der Waals surface area contributed by atoms with Crippen LogP contribution >= 0.6 is 0 Å². The fourth-order valence-corrected chi connectivity index (χ4v) is 3.31. The number of urea groups is 1. The number of Topliss-reactive ketones (excluding diaryl/α,β-unsaturated/α-hetero) is 1. The van der Waals surface area contributed by atoms with Gasteiger partial charge in [0.05, 0.1) is 13.7 Å². The highest BCUT2D eigenvalue weighted by Crippen LogP contribution is 2.30. The van der Waals surface area contributed by atoms with E-state index in [0.717, 1.165) is 16.5 Å². The monoisotopic (exact) mass is 398 g/mol. The van der Waals surface area contributed by atoms with Gasteiger partial charge in [0.15, 0.2) is 17.3 Å². The number of halogens is 1. The molecule has 152 valence electrons. The van der Waals surface area contributed by atoms with Gasteiger partial charge in [0, 0.05) is 5.56 Å². The normalized spacial score (nSPS) is 18.9. The Morgan fingerprint density at radius 1 is 1.17 bits per heavy atom. The van der Waals surface area contributed by atoms with Crippen molar-refractivity contribution in [2.24, 2.45) is 0 Å². The van der Waals surface area contributed by atoms with Gasteiger partial charge in [-0.05, 0) is 42.2 Å². The highest BCUT2D eigenvalue weighted by Gasteiger charge is 2.49. The number of carbonyl (C=O) groups excluding carboxylic acids is 3. The Morgan fingerprint density at radius 3 is 2.38 bits per heavy atom. The first-order valence-electron chi connectivity index (χ1n) is 9.28. The molecule has 0 spiro atoms. The molecule has 2 aromatic carbocycles. The maximum atomic E-state index is 13.9. The quantitative estimate of drug-likeness (QED) is 0.596. The van der Waals surface area contributed by atoms with Crippen LogP contribution in [0.5, 0.6) is 5.75 Å². The molecule has 0 bridgehead atoms. The summed E-state index contributed by atoms with van der Waals surface area (Å²) >= 11 is 0. The van der Waals surface area contributed by atoms with E-state index in [-0.39, 0.29) is 11.3 Å². The average molecular weight is 398 g/mol. The van der Waals surface area contributed by atoms with Crippen molar-refractivity contribution in [3.63, 3.8) is 0 Å². The first-order chi connectivity index (χ1) is 13.7. The molecule has 0 aliphatic carbocycles. The molecule has 1 unspecified atom stereocenters. The maximum Gasteiger partial charge on any atom is 0.325 e. The van der Waals surface area contributed by atoms with E-state index in [4.69, 9.17) is 4.74 Å². The number of hydrogen-bond acceptors (Lipinski definition) is 4. The molecule has 1 aliphatic rings. The van der Waals surface area contributed by atoms with Crippen LogP contribution in [0, 0.1) is 5.82 Å². The van der Waals surface area contributed by atoms with E-state index >= 15 is 0 Å². The summed E-state index contributed by atoms with van der Waals surface area (Å²) in [5.74, 6) is -1.42. The number of rotatable bonds is 6. The molecule has 0 aromatic heterocycles. The smallest absolute Gasteiger partial charge is 0.325 e. The number of benzene rings is 2. The molecular formula is C22H23FN2O4. The Morgan fingerprint density at radius 2 is 1.83 bits per heavy atom. The first kappa shape index (κ1) is 20.5. The second-order valence-corrected chi connectivity index (χ2v) is 7.50. The summed E-state index contributed by atoms with van der Waals surface area (Å²) in [5, 5.41) is 2.67. The zero-order chi connectivity index (χ0) is 21.3. The SMILES string of the molecule is COc1ccc(C(=O)CN2C(=O)NC(C)(c3ccc(C(C)C)cc3)C2=O)cc1F. The van der Waals surface area contributed by atoms with Gasteiger partial charge < -0.3 is 10.1 Å². The molecule has 7 heteroatoms. The number of hydrogen-bond donors (Lipinski definition) is 1. The van der Waals surface area contributed by atoms with Crippen LogP contribution < -0.4 is 10.1 Å². The minimum absolute atomic E-state index is 0.00830. The first-order valence-corrected chi connectivity index (χ1v) is 9.28. The lowest BCUT2D eigenvalue weighted by Crippen LogP contribution is -2.41. The van der Waals surface area contributed by atoms with Crippen LogP contribution in [0.4, 0.5) is 9.18 Å². The number of carbonyl (C=O) groups is 3. The molecule has 1 atom stereocenters. The molecule has 0 radical (unpaired) electrons. The molecule has 1 heterocycles. The summed E-state index contributed by atoms with van der Waals surface area (Å²) < 4.78 is 18.7. The summed E-state index contributed by atoms with van der Waals surface area (Å²) in [4.78, 5) is 38.8. The van der Waals surface area contributed by atoms with Gasteiger partial charge in [-0.25, -0.2) is 9.18 Å². The van der Waals surface area contributed by atoms with E-state index in [1.54, 1.807) is 19.1 Å². The van der Waals surface area contributed by atoms with Crippen molar-refractivity contribution in [3.05, 3.63) is 65.0 Å². The Kier molecular flexibility index (Phi) is 5.42.